The molecule has 2 aromatic carbocycles. The Morgan fingerprint density at radius 1 is 1.08 bits per heavy atom. The predicted octanol–water partition coefficient (Wildman–Crippen LogP) is 6.29. The van der Waals surface area contributed by atoms with Gasteiger partial charge in [0, 0.05) is 37.9 Å². The van der Waals surface area contributed by atoms with E-state index in [0.717, 1.165) is 10.2 Å². The third kappa shape index (κ3) is 5.36. The molecule has 0 bridgehead atoms. The molecule has 4 aromatic rings. The number of fused-ring (bicyclic) bond motifs is 2. The molecule has 0 radical (unpaired) electrons. The first-order chi connectivity index (χ1) is 17.2. The number of thiazole rings is 1. The highest BCUT2D eigenvalue weighted by Gasteiger charge is 2.26. The van der Waals surface area contributed by atoms with Gasteiger partial charge in [0.25, 0.3) is 0 Å². The molecule has 0 N–H and O–H groups in total. The zero-order valence-electron chi connectivity index (χ0n) is 21.1. The van der Waals surface area contributed by atoms with Gasteiger partial charge in [-0.3, -0.25) is 0 Å². The Labute approximate surface area is 213 Å². The Hall–Kier alpha value is -3.46. The number of halogens is 1. The van der Waals surface area contributed by atoms with Crippen LogP contribution in [0.1, 0.15) is 34.6 Å². The van der Waals surface area contributed by atoms with E-state index in [1.165, 1.54) is 23.5 Å². The number of aromatic nitrogens is 1. The molecule has 1 aliphatic rings. The van der Waals surface area contributed by atoms with E-state index in [1.807, 2.05) is 63.8 Å². The van der Waals surface area contributed by atoms with Crippen molar-refractivity contribution in [1.29, 1.82) is 0 Å². The minimum atomic E-state index is -0.558. The van der Waals surface area contributed by atoms with Gasteiger partial charge in [-0.25, -0.2) is 19.0 Å². The molecule has 1 saturated heterocycles. The van der Waals surface area contributed by atoms with Crippen LogP contribution in [-0.4, -0.2) is 47.8 Å². The number of carbonyl (C=O) groups excluding carboxylic acids is 1. The summed E-state index contributed by atoms with van der Waals surface area (Å²) in [6, 6.07) is 12.2. The highest BCUT2D eigenvalue weighted by molar-refractivity contribution is 7.21. The van der Waals surface area contributed by atoms with Gasteiger partial charge in [0.1, 0.15) is 22.0 Å². The SMILES string of the molecule is CC.CC(C)(C)OC(=O)N1CCN(c2cc(F)c3cc(-c4nc5ccccc5s4)c(=O)oc3c2)CC1. The highest BCUT2D eigenvalue weighted by Crippen LogP contribution is 2.32. The number of benzene rings is 2. The van der Waals surface area contributed by atoms with Crippen LogP contribution in [0.2, 0.25) is 0 Å². The van der Waals surface area contributed by atoms with Crippen LogP contribution in [-0.2, 0) is 4.74 Å². The number of amides is 1. The molecule has 0 saturated carbocycles. The number of rotatable bonds is 2. The average Bonchev–Trinajstić information content (AvgIpc) is 3.28. The van der Waals surface area contributed by atoms with Crippen molar-refractivity contribution in [3.63, 3.8) is 0 Å². The number of piperazine rings is 1. The van der Waals surface area contributed by atoms with Crippen LogP contribution in [0.15, 0.2) is 51.7 Å². The Morgan fingerprint density at radius 3 is 2.44 bits per heavy atom. The lowest BCUT2D eigenvalue weighted by Gasteiger charge is -2.36. The minimum absolute atomic E-state index is 0.180. The van der Waals surface area contributed by atoms with Gasteiger partial charge in [-0.1, -0.05) is 26.0 Å². The smallest absolute Gasteiger partial charge is 0.410 e. The van der Waals surface area contributed by atoms with Gasteiger partial charge in [-0.05, 0) is 45.0 Å². The molecule has 9 heteroatoms. The maximum Gasteiger partial charge on any atom is 0.410 e. The summed E-state index contributed by atoms with van der Waals surface area (Å²) in [4.78, 5) is 33.2. The summed E-state index contributed by atoms with van der Waals surface area (Å²) in [5.74, 6) is -0.479. The second-order valence-electron chi connectivity index (χ2n) is 9.23. The highest BCUT2D eigenvalue weighted by atomic mass is 32.1. The molecule has 0 unspecified atom stereocenters. The average molecular weight is 512 g/mol. The minimum Gasteiger partial charge on any atom is -0.444 e. The number of carbonyl (C=O) groups is 1. The fourth-order valence-corrected chi connectivity index (χ4v) is 4.92. The maximum absolute atomic E-state index is 15.1. The first-order valence-electron chi connectivity index (χ1n) is 12.0. The van der Waals surface area contributed by atoms with Crippen LogP contribution in [0.5, 0.6) is 0 Å². The lowest BCUT2D eigenvalue weighted by molar-refractivity contribution is 0.0240. The maximum atomic E-state index is 15.1. The van der Waals surface area contributed by atoms with Crippen LogP contribution in [0.4, 0.5) is 14.9 Å². The van der Waals surface area contributed by atoms with Gasteiger partial charge in [0.2, 0.25) is 0 Å². The number of ether oxygens (including phenoxy) is 1. The normalized spacial score (nSPS) is 14.1. The summed E-state index contributed by atoms with van der Waals surface area (Å²) in [6.07, 6.45) is -0.356. The summed E-state index contributed by atoms with van der Waals surface area (Å²) in [7, 11) is 0. The van der Waals surface area contributed by atoms with E-state index in [9.17, 15) is 9.59 Å². The summed E-state index contributed by atoms with van der Waals surface area (Å²) < 4.78 is 27.0. The van der Waals surface area contributed by atoms with E-state index in [0.29, 0.717) is 36.9 Å². The third-order valence-electron chi connectivity index (χ3n) is 5.61. The van der Waals surface area contributed by atoms with E-state index in [-0.39, 0.29) is 22.6 Å². The third-order valence-corrected chi connectivity index (χ3v) is 6.68. The molecule has 0 aliphatic carbocycles. The zero-order valence-corrected chi connectivity index (χ0v) is 21.9. The molecule has 0 atom stereocenters. The number of nitrogens with zero attached hydrogens (tertiary/aromatic N) is 3. The molecule has 2 aromatic heterocycles. The lowest BCUT2D eigenvalue weighted by atomic mass is 10.1. The molecular formula is C27H30FN3O4S. The second-order valence-corrected chi connectivity index (χ2v) is 10.3. The number of hydrogen-bond acceptors (Lipinski definition) is 7. The molecular weight excluding hydrogens is 481 g/mol. The molecule has 1 amide bonds. The second kappa shape index (κ2) is 10.3. The van der Waals surface area contributed by atoms with Gasteiger partial charge < -0.3 is 19.0 Å². The number of anilines is 1. The van der Waals surface area contributed by atoms with Gasteiger partial charge >= 0.3 is 11.7 Å². The fraction of sp³-hybridized carbons (Fsp3) is 0.370. The van der Waals surface area contributed by atoms with E-state index in [2.05, 4.69) is 4.98 Å². The molecule has 1 aliphatic heterocycles. The van der Waals surface area contributed by atoms with Crippen molar-refractivity contribution in [2.75, 3.05) is 31.1 Å². The van der Waals surface area contributed by atoms with E-state index < -0.39 is 17.0 Å². The molecule has 7 nitrogen and oxygen atoms in total. The standard InChI is InChI=1S/C25H24FN3O4S.C2H6/c1-25(2,3)33-24(31)29-10-8-28(9-11-29)15-12-18(26)16-14-17(23(30)32-20(16)13-15)22-27-19-6-4-5-7-21(19)34-22;1-2/h4-7,12-14H,8-11H2,1-3H3;1-2H3. The topological polar surface area (TPSA) is 75.9 Å². The molecule has 0 spiro atoms. The molecule has 1 fully saturated rings. The number of para-hydroxylation sites is 1. The van der Waals surface area contributed by atoms with Crippen LogP contribution in [0.25, 0.3) is 31.8 Å². The van der Waals surface area contributed by atoms with Crippen molar-refractivity contribution >= 4 is 44.3 Å². The van der Waals surface area contributed by atoms with Crippen molar-refractivity contribution in [3.8, 4) is 10.6 Å². The van der Waals surface area contributed by atoms with Crippen LogP contribution < -0.4 is 10.5 Å². The van der Waals surface area contributed by atoms with Crippen LogP contribution >= 0.6 is 11.3 Å². The van der Waals surface area contributed by atoms with Crippen molar-refractivity contribution < 1.29 is 18.3 Å². The Kier molecular flexibility index (Phi) is 7.31. The summed E-state index contributed by atoms with van der Waals surface area (Å²) in [5.41, 5.74) is 0.689. The van der Waals surface area contributed by atoms with Gasteiger partial charge in [0.15, 0.2) is 0 Å². The summed E-state index contributed by atoms with van der Waals surface area (Å²) >= 11 is 1.37. The molecule has 36 heavy (non-hydrogen) atoms. The first-order valence-corrected chi connectivity index (χ1v) is 12.9. The monoisotopic (exact) mass is 511 g/mol. The predicted molar refractivity (Wildman–Crippen MR) is 142 cm³/mol. The van der Waals surface area contributed by atoms with Crippen molar-refractivity contribution in [3.05, 3.63) is 58.7 Å². The molecule has 190 valence electrons. The van der Waals surface area contributed by atoms with E-state index >= 15 is 4.39 Å². The molecule has 5 rings (SSSR count). The van der Waals surface area contributed by atoms with Crippen LogP contribution in [0, 0.1) is 5.82 Å². The van der Waals surface area contributed by atoms with Crippen LogP contribution in [0.3, 0.4) is 0 Å². The van der Waals surface area contributed by atoms with Gasteiger partial charge in [-0.15, -0.1) is 11.3 Å². The number of hydrogen-bond donors (Lipinski definition) is 0. The molecule has 3 heterocycles. The Morgan fingerprint density at radius 2 is 1.78 bits per heavy atom. The van der Waals surface area contributed by atoms with E-state index in [4.69, 9.17) is 9.15 Å². The summed E-state index contributed by atoms with van der Waals surface area (Å²) in [6.45, 7) is 11.4. The van der Waals surface area contributed by atoms with E-state index in [1.54, 1.807) is 11.0 Å². The Bertz CT molecular complexity index is 1420. The van der Waals surface area contributed by atoms with Crippen molar-refractivity contribution in [2.45, 2.75) is 40.2 Å². The van der Waals surface area contributed by atoms with Crippen molar-refractivity contribution in [1.82, 2.24) is 9.88 Å². The largest absolute Gasteiger partial charge is 0.444 e. The quantitative estimate of drug-likeness (QED) is 0.294. The van der Waals surface area contributed by atoms with Gasteiger partial charge in [-0.2, -0.15) is 0 Å². The summed E-state index contributed by atoms with van der Waals surface area (Å²) in [5, 5.41) is 0.726. The van der Waals surface area contributed by atoms with Gasteiger partial charge in [0.05, 0.1) is 21.2 Å². The van der Waals surface area contributed by atoms with Crippen molar-refractivity contribution in [2.24, 2.45) is 0 Å². The zero-order chi connectivity index (χ0) is 26.0. The lowest BCUT2D eigenvalue weighted by Crippen LogP contribution is -2.50. The Balaban J connectivity index is 0.00000148. The fourth-order valence-electron chi connectivity index (χ4n) is 3.95. The first kappa shape index (κ1) is 25.6.